The fourth-order valence-electron chi connectivity index (χ4n) is 2.02. The smallest absolute Gasteiger partial charge is 0.265 e. The molecule has 0 atom stereocenters. The predicted molar refractivity (Wildman–Crippen MR) is 82.4 cm³/mol. The summed E-state index contributed by atoms with van der Waals surface area (Å²) in [6.45, 7) is 1.11. The monoisotopic (exact) mass is 314 g/mol. The van der Waals surface area contributed by atoms with Gasteiger partial charge in [0.1, 0.15) is 10.7 Å². The Morgan fingerprint density at radius 1 is 1.48 bits per heavy atom. The molecule has 1 aromatic heterocycles. The molecule has 1 aromatic rings. The number of hydrogen-bond donors (Lipinski definition) is 5. The van der Waals surface area contributed by atoms with Crippen LogP contribution in [0.2, 0.25) is 0 Å². The zero-order valence-corrected chi connectivity index (χ0v) is 12.9. The Bertz CT molecular complexity index is 489. The molecule has 0 radical (unpaired) electrons. The number of thiazole rings is 1. The second-order valence-electron chi connectivity index (χ2n) is 5.41. The lowest BCUT2D eigenvalue weighted by Crippen LogP contribution is -2.53. The van der Waals surface area contributed by atoms with Crippen molar-refractivity contribution in [3.05, 3.63) is 4.88 Å². The van der Waals surface area contributed by atoms with E-state index in [4.69, 9.17) is 5.73 Å². The van der Waals surface area contributed by atoms with Gasteiger partial charge in [0, 0.05) is 6.04 Å². The van der Waals surface area contributed by atoms with Crippen LogP contribution < -0.4 is 16.4 Å². The van der Waals surface area contributed by atoms with E-state index < -0.39 is 11.4 Å². The molecule has 0 aliphatic heterocycles. The largest absolute Gasteiger partial charge is 0.394 e. The SMILES string of the molecule is CCC(CO)(CO)NC(=O)c1sc(NC2CCC2)nc1N. The molecule has 1 aliphatic carbocycles. The predicted octanol–water partition coefficient (Wildman–Crippen LogP) is 0.553. The lowest BCUT2D eigenvalue weighted by Gasteiger charge is -2.29. The van der Waals surface area contributed by atoms with Crippen LogP contribution in [-0.2, 0) is 0 Å². The van der Waals surface area contributed by atoms with Crippen molar-refractivity contribution < 1.29 is 15.0 Å². The highest BCUT2D eigenvalue weighted by Crippen LogP contribution is 2.29. The quantitative estimate of drug-likeness (QED) is 0.501. The van der Waals surface area contributed by atoms with Crippen LogP contribution in [0.25, 0.3) is 0 Å². The first-order chi connectivity index (χ1) is 10.0. The lowest BCUT2D eigenvalue weighted by molar-refractivity contribution is 0.0656. The molecule has 0 unspecified atom stereocenters. The minimum Gasteiger partial charge on any atom is -0.394 e. The van der Waals surface area contributed by atoms with Gasteiger partial charge < -0.3 is 26.6 Å². The average Bonchev–Trinajstić information content (AvgIpc) is 2.81. The first-order valence-corrected chi connectivity index (χ1v) is 7.92. The average molecular weight is 314 g/mol. The van der Waals surface area contributed by atoms with Crippen molar-refractivity contribution >= 4 is 28.2 Å². The van der Waals surface area contributed by atoms with Crippen LogP contribution in [0.3, 0.4) is 0 Å². The van der Waals surface area contributed by atoms with E-state index in [1.807, 2.05) is 0 Å². The molecule has 6 N–H and O–H groups in total. The van der Waals surface area contributed by atoms with Crippen LogP contribution in [-0.4, -0.2) is 45.9 Å². The molecule has 0 aromatic carbocycles. The van der Waals surface area contributed by atoms with Crippen molar-refractivity contribution in [1.82, 2.24) is 10.3 Å². The van der Waals surface area contributed by atoms with E-state index in [0.29, 0.717) is 22.5 Å². The molecule has 1 heterocycles. The van der Waals surface area contributed by atoms with E-state index in [2.05, 4.69) is 15.6 Å². The third-order valence-corrected chi connectivity index (χ3v) is 4.95. The van der Waals surface area contributed by atoms with Gasteiger partial charge >= 0.3 is 0 Å². The summed E-state index contributed by atoms with van der Waals surface area (Å²) in [7, 11) is 0. The number of aliphatic hydroxyl groups is 2. The van der Waals surface area contributed by atoms with Crippen LogP contribution in [0.1, 0.15) is 42.3 Å². The first-order valence-electron chi connectivity index (χ1n) is 7.10. The Hall–Kier alpha value is -1.38. The van der Waals surface area contributed by atoms with Crippen molar-refractivity contribution in [3.8, 4) is 0 Å². The Balaban J connectivity index is 2.07. The van der Waals surface area contributed by atoms with Crippen molar-refractivity contribution in [1.29, 1.82) is 0 Å². The van der Waals surface area contributed by atoms with Gasteiger partial charge in [0.25, 0.3) is 5.91 Å². The van der Waals surface area contributed by atoms with E-state index in [9.17, 15) is 15.0 Å². The minimum absolute atomic E-state index is 0.167. The maximum atomic E-state index is 12.3. The highest BCUT2D eigenvalue weighted by atomic mass is 32.1. The third kappa shape index (κ3) is 3.45. The molecule has 1 aliphatic rings. The van der Waals surface area contributed by atoms with Crippen LogP contribution in [0, 0.1) is 0 Å². The Morgan fingerprint density at radius 2 is 2.14 bits per heavy atom. The Kier molecular flexibility index (Phi) is 5.02. The number of carbonyl (C=O) groups excluding carboxylic acids is 1. The summed E-state index contributed by atoms with van der Waals surface area (Å²) in [6.07, 6.45) is 3.83. The molecule has 2 rings (SSSR count). The third-order valence-electron chi connectivity index (χ3n) is 3.95. The minimum atomic E-state index is -1.03. The molecule has 1 fully saturated rings. The summed E-state index contributed by atoms with van der Waals surface area (Å²) in [4.78, 5) is 16.7. The standard InChI is InChI=1S/C13H22N4O3S/c1-2-13(6-18,7-19)17-11(20)9-10(14)16-12(21-9)15-8-4-3-5-8/h8,18-19H,2-7,14H2,1H3,(H,15,16)(H,17,20). The second kappa shape index (κ2) is 6.59. The van der Waals surface area contributed by atoms with Crippen molar-refractivity contribution in [2.75, 3.05) is 24.3 Å². The number of carbonyl (C=O) groups is 1. The van der Waals surface area contributed by atoms with Gasteiger partial charge in [-0.3, -0.25) is 4.79 Å². The normalized spacial score (nSPS) is 15.6. The van der Waals surface area contributed by atoms with Gasteiger partial charge in [0.2, 0.25) is 0 Å². The molecular weight excluding hydrogens is 292 g/mol. The number of amides is 1. The number of aliphatic hydroxyl groups excluding tert-OH is 2. The van der Waals surface area contributed by atoms with Crippen molar-refractivity contribution in [2.45, 2.75) is 44.2 Å². The molecule has 1 saturated carbocycles. The molecule has 0 bridgehead atoms. The molecule has 7 nitrogen and oxygen atoms in total. The van der Waals surface area contributed by atoms with Gasteiger partial charge in [-0.05, 0) is 25.7 Å². The zero-order valence-electron chi connectivity index (χ0n) is 12.1. The summed E-state index contributed by atoms with van der Waals surface area (Å²) in [6, 6.07) is 0.413. The molecule has 8 heteroatoms. The number of aromatic nitrogens is 1. The molecule has 1 amide bonds. The number of anilines is 2. The zero-order chi connectivity index (χ0) is 15.5. The van der Waals surface area contributed by atoms with Gasteiger partial charge in [-0.1, -0.05) is 18.3 Å². The topological polar surface area (TPSA) is 120 Å². The van der Waals surface area contributed by atoms with Crippen molar-refractivity contribution in [2.24, 2.45) is 0 Å². The van der Waals surface area contributed by atoms with Gasteiger partial charge in [-0.15, -0.1) is 0 Å². The summed E-state index contributed by atoms with van der Waals surface area (Å²) >= 11 is 1.19. The van der Waals surface area contributed by atoms with E-state index in [1.165, 1.54) is 17.8 Å². The molecule has 21 heavy (non-hydrogen) atoms. The second-order valence-corrected chi connectivity index (χ2v) is 6.41. The summed E-state index contributed by atoms with van der Waals surface area (Å²) < 4.78 is 0. The number of nitrogen functional groups attached to an aromatic ring is 1. The van der Waals surface area contributed by atoms with E-state index in [0.717, 1.165) is 12.8 Å². The Morgan fingerprint density at radius 3 is 2.62 bits per heavy atom. The fourth-order valence-corrected chi connectivity index (χ4v) is 2.88. The van der Waals surface area contributed by atoms with E-state index >= 15 is 0 Å². The maximum Gasteiger partial charge on any atom is 0.265 e. The van der Waals surface area contributed by atoms with Gasteiger partial charge in [-0.25, -0.2) is 4.98 Å². The number of nitrogens with one attached hydrogen (secondary N) is 2. The highest BCUT2D eigenvalue weighted by molar-refractivity contribution is 7.18. The summed E-state index contributed by atoms with van der Waals surface area (Å²) in [5.74, 6) is -0.253. The van der Waals surface area contributed by atoms with Crippen molar-refractivity contribution in [3.63, 3.8) is 0 Å². The van der Waals surface area contributed by atoms with Gasteiger partial charge in [0.15, 0.2) is 5.13 Å². The number of hydrogen-bond acceptors (Lipinski definition) is 7. The molecular formula is C13H22N4O3S. The van der Waals surface area contributed by atoms with Crippen LogP contribution >= 0.6 is 11.3 Å². The highest BCUT2D eigenvalue weighted by Gasteiger charge is 2.31. The maximum absolute atomic E-state index is 12.3. The molecule has 0 saturated heterocycles. The van der Waals surface area contributed by atoms with E-state index in [1.54, 1.807) is 6.92 Å². The number of nitrogens with zero attached hydrogens (tertiary/aromatic N) is 1. The van der Waals surface area contributed by atoms with Crippen LogP contribution in [0.5, 0.6) is 0 Å². The molecule has 0 spiro atoms. The van der Waals surface area contributed by atoms with E-state index in [-0.39, 0.29) is 19.0 Å². The molecule has 118 valence electrons. The fraction of sp³-hybridized carbons (Fsp3) is 0.692. The lowest BCUT2D eigenvalue weighted by atomic mass is 9.93. The number of nitrogens with two attached hydrogens (primary N) is 1. The summed E-state index contributed by atoms with van der Waals surface area (Å²) in [5, 5.41) is 25.3. The Labute approximate surface area is 127 Å². The van der Waals surface area contributed by atoms with Gasteiger partial charge in [-0.2, -0.15) is 0 Å². The van der Waals surface area contributed by atoms with Crippen LogP contribution in [0.4, 0.5) is 10.9 Å². The first kappa shape index (κ1) is 16.0. The number of rotatable bonds is 7. The van der Waals surface area contributed by atoms with Gasteiger partial charge in [0.05, 0.1) is 18.8 Å². The summed E-state index contributed by atoms with van der Waals surface area (Å²) in [5.41, 5.74) is 4.76. The van der Waals surface area contributed by atoms with Crippen LogP contribution in [0.15, 0.2) is 0 Å².